The van der Waals surface area contributed by atoms with Gasteiger partial charge in [-0.25, -0.2) is 8.42 Å². The summed E-state index contributed by atoms with van der Waals surface area (Å²) in [6, 6.07) is 14.7. The minimum atomic E-state index is -3.86. The highest BCUT2D eigenvalue weighted by atomic mass is 32.2. The predicted octanol–water partition coefficient (Wildman–Crippen LogP) is 1.86. The number of piperazine rings is 1. The van der Waals surface area contributed by atoms with E-state index in [1.165, 1.54) is 13.0 Å². The van der Waals surface area contributed by atoms with Crippen LogP contribution in [0, 0.1) is 13.8 Å². The predicted molar refractivity (Wildman–Crippen MR) is 122 cm³/mol. The zero-order valence-electron chi connectivity index (χ0n) is 18.6. The second-order valence-corrected chi connectivity index (χ2v) is 9.62. The Balaban J connectivity index is 1.47. The summed E-state index contributed by atoms with van der Waals surface area (Å²) in [6.45, 7) is 7.07. The zero-order chi connectivity index (χ0) is 23.3. The molecule has 1 aliphatic heterocycles. The minimum absolute atomic E-state index is 0.0776. The Bertz CT molecular complexity index is 1060. The summed E-state index contributed by atoms with van der Waals surface area (Å²) < 4.78 is 32.2. The highest BCUT2D eigenvalue weighted by Gasteiger charge is 2.27. The maximum atomic E-state index is 12.7. The fourth-order valence-electron chi connectivity index (χ4n) is 3.49. The molecule has 1 heterocycles. The number of para-hydroxylation sites is 1. The number of rotatable bonds is 7. The summed E-state index contributed by atoms with van der Waals surface area (Å²) in [5.74, 6) is -1.09. The molecule has 2 aromatic rings. The number of nitrogens with zero attached hydrogens (tertiary/aromatic N) is 2. The number of ether oxygens (including phenoxy) is 1. The first kappa shape index (κ1) is 23.7. The van der Waals surface area contributed by atoms with Crippen LogP contribution in [-0.2, 0) is 24.3 Å². The summed E-state index contributed by atoms with van der Waals surface area (Å²) in [6.07, 6.45) is -0.989. The standard InChI is InChI=1S/C23H29N3O5S/c1-17-9-10-21(15-18(17)2)32(29,30)24-16-22(27)31-19(3)23(28)26-13-11-25(12-14-26)20-7-5-4-6-8-20/h4-10,15,19,24H,11-14,16H2,1-3H3. The van der Waals surface area contributed by atoms with Gasteiger partial charge < -0.3 is 14.5 Å². The molecule has 0 spiro atoms. The number of benzene rings is 2. The van der Waals surface area contributed by atoms with Crippen LogP contribution < -0.4 is 9.62 Å². The number of amides is 1. The van der Waals surface area contributed by atoms with Crippen molar-refractivity contribution in [1.29, 1.82) is 0 Å². The minimum Gasteiger partial charge on any atom is -0.452 e. The lowest BCUT2D eigenvalue weighted by Gasteiger charge is -2.37. The Labute approximate surface area is 189 Å². The lowest BCUT2D eigenvalue weighted by Crippen LogP contribution is -2.52. The van der Waals surface area contributed by atoms with Gasteiger partial charge in [-0.15, -0.1) is 0 Å². The molecule has 0 radical (unpaired) electrons. The van der Waals surface area contributed by atoms with Gasteiger partial charge in [0.2, 0.25) is 10.0 Å². The normalized spacial score (nSPS) is 15.3. The van der Waals surface area contributed by atoms with Crippen molar-refractivity contribution < 1.29 is 22.7 Å². The first-order valence-corrected chi connectivity index (χ1v) is 12.0. The fourth-order valence-corrected chi connectivity index (χ4v) is 4.54. The molecule has 0 aromatic heterocycles. The largest absolute Gasteiger partial charge is 0.452 e. The molecule has 32 heavy (non-hydrogen) atoms. The van der Waals surface area contributed by atoms with Crippen LogP contribution in [0.5, 0.6) is 0 Å². The fraction of sp³-hybridized carbons (Fsp3) is 0.391. The van der Waals surface area contributed by atoms with E-state index in [2.05, 4.69) is 9.62 Å². The molecular formula is C23H29N3O5S. The van der Waals surface area contributed by atoms with E-state index in [-0.39, 0.29) is 10.8 Å². The monoisotopic (exact) mass is 459 g/mol. The molecule has 0 bridgehead atoms. The number of hydrogen-bond acceptors (Lipinski definition) is 6. The number of carbonyl (C=O) groups excluding carboxylic acids is 2. The zero-order valence-corrected chi connectivity index (χ0v) is 19.4. The van der Waals surface area contributed by atoms with Crippen LogP contribution in [0.4, 0.5) is 5.69 Å². The Hall–Kier alpha value is -2.91. The smallest absolute Gasteiger partial charge is 0.321 e. The number of aryl methyl sites for hydroxylation is 2. The molecule has 2 aromatic carbocycles. The second kappa shape index (κ2) is 10.1. The van der Waals surface area contributed by atoms with Gasteiger partial charge in [0.05, 0.1) is 4.90 Å². The van der Waals surface area contributed by atoms with Gasteiger partial charge in [-0.3, -0.25) is 9.59 Å². The molecule has 3 rings (SSSR count). The van der Waals surface area contributed by atoms with Crippen molar-refractivity contribution in [2.45, 2.75) is 31.8 Å². The Morgan fingerprint density at radius 3 is 2.28 bits per heavy atom. The first-order valence-electron chi connectivity index (χ1n) is 10.5. The van der Waals surface area contributed by atoms with Gasteiger partial charge in [-0.1, -0.05) is 24.3 Å². The summed E-state index contributed by atoms with van der Waals surface area (Å²) in [7, 11) is -3.86. The van der Waals surface area contributed by atoms with Crippen LogP contribution >= 0.6 is 0 Å². The number of nitrogens with one attached hydrogen (secondary N) is 1. The molecule has 0 saturated carbocycles. The van der Waals surface area contributed by atoms with Gasteiger partial charge in [-0.2, -0.15) is 4.72 Å². The third-order valence-corrected chi connectivity index (χ3v) is 6.96. The number of carbonyl (C=O) groups is 2. The molecule has 1 N–H and O–H groups in total. The van der Waals surface area contributed by atoms with Gasteiger partial charge in [0, 0.05) is 31.9 Å². The molecule has 0 aliphatic carbocycles. The van der Waals surface area contributed by atoms with Gasteiger partial charge in [0.1, 0.15) is 6.54 Å². The van der Waals surface area contributed by atoms with Crippen LogP contribution in [0.2, 0.25) is 0 Å². The van der Waals surface area contributed by atoms with E-state index < -0.39 is 28.6 Å². The van der Waals surface area contributed by atoms with E-state index in [4.69, 9.17) is 4.74 Å². The van der Waals surface area contributed by atoms with Gasteiger partial charge in [0.15, 0.2) is 6.10 Å². The second-order valence-electron chi connectivity index (χ2n) is 7.85. The van der Waals surface area contributed by atoms with Gasteiger partial charge in [-0.05, 0) is 56.2 Å². The quantitative estimate of drug-likeness (QED) is 0.635. The van der Waals surface area contributed by atoms with Crippen molar-refractivity contribution in [3.63, 3.8) is 0 Å². The van der Waals surface area contributed by atoms with E-state index in [1.54, 1.807) is 17.0 Å². The molecule has 1 aliphatic rings. The SMILES string of the molecule is Cc1ccc(S(=O)(=O)NCC(=O)OC(C)C(=O)N2CCN(c3ccccc3)CC2)cc1C. The molecule has 1 saturated heterocycles. The van der Waals surface area contributed by atoms with Crippen LogP contribution in [0.15, 0.2) is 53.4 Å². The van der Waals surface area contributed by atoms with Crippen molar-refractivity contribution in [2.75, 3.05) is 37.6 Å². The molecule has 172 valence electrons. The molecular weight excluding hydrogens is 430 g/mol. The van der Waals surface area contributed by atoms with Gasteiger partial charge >= 0.3 is 5.97 Å². The third-order valence-electron chi connectivity index (χ3n) is 5.56. The molecule has 1 atom stereocenters. The third kappa shape index (κ3) is 5.86. The van der Waals surface area contributed by atoms with E-state index in [1.807, 2.05) is 44.2 Å². The van der Waals surface area contributed by atoms with Crippen molar-refractivity contribution in [1.82, 2.24) is 9.62 Å². The number of hydrogen-bond donors (Lipinski definition) is 1. The highest BCUT2D eigenvalue weighted by Crippen LogP contribution is 2.17. The summed E-state index contributed by atoms with van der Waals surface area (Å²) in [5.41, 5.74) is 2.91. The van der Waals surface area contributed by atoms with Crippen LogP contribution in [-0.4, -0.2) is 64.0 Å². The number of anilines is 1. The van der Waals surface area contributed by atoms with Crippen molar-refractivity contribution in [3.8, 4) is 0 Å². The maximum absolute atomic E-state index is 12.7. The van der Waals surface area contributed by atoms with Gasteiger partial charge in [0.25, 0.3) is 5.91 Å². The van der Waals surface area contributed by atoms with Crippen molar-refractivity contribution in [3.05, 3.63) is 59.7 Å². The lowest BCUT2D eigenvalue weighted by molar-refractivity contribution is -0.158. The average Bonchev–Trinajstić information content (AvgIpc) is 2.79. The Morgan fingerprint density at radius 1 is 1.00 bits per heavy atom. The molecule has 8 nitrogen and oxygen atoms in total. The maximum Gasteiger partial charge on any atom is 0.321 e. The van der Waals surface area contributed by atoms with Crippen LogP contribution in [0.25, 0.3) is 0 Å². The molecule has 1 unspecified atom stereocenters. The molecule has 1 amide bonds. The Morgan fingerprint density at radius 2 is 1.66 bits per heavy atom. The summed E-state index contributed by atoms with van der Waals surface area (Å²) in [4.78, 5) is 28.7. The van der Waals surface area contributed by atoms with E-state index in [0.717, 1.165) is 16.8 Å². The molecule has 1 fully saturated rings. The summed E-state index contributed by atoms with van der Waals surface area (Å²) in [5, 5.41) is 0. The lowest BCUT2D eigenvalue weighted by atomic mass is 10.1. The summed E-state index contributed by atoms with van der Waals surface area (Å²) >= 11 is 0. The highest BCUT2D eigenvalue weighted by molar-refractivity contribution is 7.89. The number of esters is 1. The van der Waals surface area contributed by atoms with E-state index in [0.29, 0.717) is 26.2 Å². The van der Waals surface area contributed by atoms with Crippen molar-refractivity contribution in [2.24, 2.45) is 0 Å². The van der Waals surface area contributed by atoms with Crippen LogP contribution in [0.3, 0.4) is 0 Å². The van der Waals surface area contributed by atoms with E-state index in [9.17, 15) is 18.0 Å². The Kier molecular flexibility index (Phi) is 7.52. The average molecular weight is 460 g/mol. The topological polar surface area (TPSA) is 96.0 Å². The van der Waals surface area contributed by atoms with E-state index >= 15 is 0 Å². The van der Waals surface area contributed by atoms with Crippen LogP contribution in [0.1, 0.15) is 18.1 Å². The number of sulfonamides is 1. The van der Waals surface area contributed by atoms with Crippen molar-refractivity contribution >= 4 is 27.6 Å². The first-order chi connectivity index (χ1) is 15.2. The molecule has 9 heteroatoms.